The Bertz CT molecular complexity index is 965. The molecule has 4 rings (SSSR count). The third kappa shape index (κ3) is 3.75. The summed E-state index contributed by atoms with van der Waals surface area (Å²) in [7, 11) is 0. The fourth-order valence-corrected chi connectivity index (χ4v) is 3.79. The van der Waals surface area contributed by atoms with Gasteiger partial charge in [-0.15, -0.1) is 0 Å². The lowest BCUT2D eigenvalue weighted by atomic mass is 10.0. The highest BCUT2D eigenvalue weighted by molar-refractivity contribution is 5.87. The summed E-state index contributed by atoms with van der Waals surface area (Å²) in [4.78, 5) is 6.17. The molecule has 0 saturated carbocycles. The van der Waals surface area contributed by atoms with Gasteiger partial charge in [-0.1, -0.05) is 30.3 Å². The van der Waals surface area contributed by atoms with Gasteiger partial charge in [0.05, 0.1) is 11.1 Å². The first kappa shape index (κ1) is 18.6. The Morgan fingerprint density at radius 1 is 1.00 bits per heavy atom. The minimum atomic E-state index is -4.33. The molecule has 0 aliphatic carbocycles. The number of H-pyrrole nitrogens is 1. The molecule has 146 valence electrons. The van der Waals surface area contributed by atoms with Crippen LogP contribution in [0.2, 0.25) is 0 Å². The standard InChI is InChI=1S/C21H20F3N3O/c22-21(23,24)16-6-8-20(25-13-16)27-11-9-26(10-12-27)14-18-17-4-2-1-3-15(17)5-7-19(18)28/h1-8,13,28H,9-12,14H2/p+2. The number of phenols is 1. The number of nitrogens with one attached hydrogen (secondary N) is 2. The highest BCUT2D eigenvalue weighted by Crippen LogP contribution is 2.28. The van der Waals surface area contributed by atoms with Gasteiger partial charge in [0.25, 0.3) is 5.82 Å². The van der Waals surface area contributed by atoms with Crippen molar-refractivity contribution in [1.82, 2.24) is 0 Å². The number of pyridine rings is 1. The van der Waals surface area contributed by atoms with Crippen molar-refractivity contribution in [3.05, 3.63) is 65.9 Å². The molecule has 7 heteroatoms. The highest BCUT2D eigenvalue weighted by Gasteiger charge is 2.33. The van der Waals surface area contributed by atoms with Gasteiger partial charge >= 0.3 is 6.18 Å². The number of nitrogens with zero attached hydrogens (tertiary/aromatic N) is 1. The Labute approximate surface area is 160 Å². The molecular weight excluding hydrogens is 367 g/mol. The summed E-state index contributed by atoms with van der Waals surface area (Å²) in [5.41, 5.74) is 0.273. The van der Waals surface area contributed by atoms with Crippen LogP contribution in [0, 0.1) is 0 Å². The molecule has 3 N–H and O–H groups in total. The SMILES string of the molecule is Oc1ccc2ccccc2c1C[NH+]1CCN(c2ccc(C(F)(F)F)c[nH+]2)CC1. The zero-order valence-electron chi connectivity index (χ0n) is 15.3. The second-order valence-corrected chi connectivity index (χ2v) is 7.16. The predicted octanol–water partition coefficient (Wildman–Crippen LogP) is 2.28. The Morgan fingerprint density at radius 3 is 2.43 bits per heavy atom. The van der Waals surface area contributed by atoms with Gasteiger partial charge in [0.15, 0.2) is 0 Å². The number of aromatic nitrogens is 1. The number of halogens is 3. The van der Waals surface area contributed by atoms with Crippen LogP contribution in [-0.4, -0.2) is 31.3 Å². The van der Waals surface area contributed by atoms with E-state index in [0.29, 0.717) is 11.6 Å². The van der Waals surface area contributed by atoms with E-state index in [1.54, 1.807) is 6.07 Å². The molecule has 1 aromatic heterocycles. The van der Waals surface area contributed by atoms with Gasteiger partial charge in [-0.25, -0.2) is 4.98 Å². The van der Waals surface area contributed by atoms with E-state index in [-0.39, 0.29) is 0 Å². The van der Waals surface area contributed by atoms with E-state index in [1.807, 2.05) is 30.3 Å². The molecule has 3 aromatic rings. The second kappa shape index (κ2) is 7.31. The molecule has 0 bridgehead atoms. The Balaban J connectivity index is 1.43. The minimum absolute atomic E-state index is 0.310. The van der Waals surface area contributed by atoms with Crippen LogP contribution in [0.3, 0.4) is 0 Å². The summed E-state index contributed by atoms with van der Waals surface area (Å²) in [6.07, 6.45) is -3.32. The van der Waals surface area contributed by atoms with E-state index in [1.165, 1.54) is 11.0 Å². The fraction of sp³-hybridized carbons (Fsp3) is 0.286. The van der Waals surface area contributed by atoms with Crippen molar-refractivity contribution < 1.29 is 28.2 Å². The minimum Gasteiger partial charge on any atom is -0.507 e. The van der Waals surface area contributed by atoms with Crippen molar-refractivity contribution in [2.24, 2.45) is 0 Å². The number of hydrogen-bond donors (Lipinski definition) is 2. The van der Waals surface area contributed by atoms with E-state index in [4.69, 9.17) is 0 Å². The average Bonchev–Trinajstić information content (AvgIpc) is 2.70. The monoisotopic (exact) mass is 389 g/mol. The molecule has 0 radical (unpaired) electrons. The average molecular weight is 389 g/mol. The third-order valence-corrected chi connectivity index (χ3v) is 5.38. The van der Waals surface area contributed by atoms with Crippen LogP contribution >= 0.6 is 0 Å². The zero-order valence-corrected chi connectivity index (χ0v) is 15.3. The lowest BCUT2D eigenvalue weighted by Crippen LogP contribution is -3.13. The third-order valence-electron chi connectivity index (χ3n) is 5.38. The number of phenolic OH excluding ortho intramolecular Hbond substituents is 1. The number of anilines is 1. The number of hydrogen-bond acceptors (Lipinski definition) is 2. The first-order valence-electron chi connectivity index (χ1n) is 9.29. The maximum Gasteiger partial charge on any atom is 0.419 e. The Hall–Kier alpha value is -2.80. The van der Waals surface area contributed by atoms with Gasteiger partial charge in [-0.3, -0.25) is 4.90 Å². The molecule has 2 aromatic carbocycles. The van der Waals surface area contributed by atoms with Crippen LogP contribution in [0.4, 0.5) is 19.0 Å². The molecule has 1 aliphatic rings. The van der Waals surface area contributed by atoms with Crippen molar-refractivity contribution in [2.45, 2.75) is 12.7 Å². The molecule has 0 spiro atoms. The van der Waals surface area contributed by atoms with Gasteiger partial charge in [0.1, 0.15) is 44.7 Å². The lowest BCUT2D eigenvalue weighted by molar-refractivity contribution is -0.914. The van der Waals surface area contributed by atoms with E-state index in [9.17, 15) is 18.3 Å². The van der Waals surface area contributed by atoms with Crippen molar-refractivity contribution in [1.29, 1.82) is 0 Å². The molecule has 0 unspecified atom stereocenters. The van der Waals surface area contributed by atoms with E-state index >= 15 is 0 Å². The molecule has 28 heavy (non-hydrogen) atoms. The highest BCUT2D eigenvalue weighted by atomic mass is 19.4. The number of fused-ring (bicyclic) bond motifs is 1. The number of alkyl halides is 3. The van der Waals surface area contributed by atoms with Crippen molar-refractivity contribution >= 4 is 16.6 Å². The maximum absolute atomic E-state index is 12.7. The van der Waals surface area contributed by atoms with Crippen LogP contribution in [0.5, 0.6) is 5.75 Å². The van der Waals surface area contributed by atoms with Crippen molar-refractivity contribution in [2.75, 3.05) is 31.1 Å². The molecule has 2 heterocycles. The van der Waals surface area contributed by atoms with Gasteiger partial charge in [0.2, 0.25) is 0 Å². The summed E-state index contributed by atoms with van der Waals surface area (Å²) in [6.45, 7) is 3.89. The molecular formula is C21H22F3N3O+2. The van der Waals surface area contributed by atoms with E-state index in [2.05, 4.69) is 9.88 Å². The molecule has 4 nitrogen and oxygen atoms in total. The first-order chi connectivity index (χ1) is 13.4. The Kier molecular flexibility index (Phi) is 4.85. The number of benzene rings is 2. The molecule has 1 saturated heterocycles. The van der Waals surface area contributed by atoms with Gasteiger partial charge < -0.3 is 10.0 Å². The number of aromatic hydroxyl groups is 1. The number of quaternary nitrogens is 1. The normalized spacial score (nSPS) is 15.9. The van der Waals surface area contributed by atoms with Crippen LogP contribution in [0.25, 0.3) is 10.8 Å². The van der Waals surface area contributed by atoms with Crippen LogP contribution in [-0.2, 0) is 12.7 Å². The molecule has 1 aliphatic heterocycles. The van der Waals surface area contributed by atoms with E-state index in [0.717, 1.165) is 61.3 Å². The zero-order chi connectivity index (χ0) is 19.7. The summed E-state index contributed by atoms with van der Waals surface area (Å²) in [5, 5.41) is 12.5. The van der Waals surface area contributed by atoms with Gasteiger partial charge in [0, 0.05) is 6.07 Å². The predicted molar refractivity (Wildman–Crippen MR) is 100 cm³/mol. The lowest BCUT2D eigenvalue weighted by Gasteiger charge is -2.28. The largest absolute Gasteiger partial charge is 0.507 e. The number of piperazine rings is 1. The number of aromatic amines is 1. The summed E-state index contributed by atoms with van der Waals surface area (Å²) >= 11 is 0. The quantitative estimate of drug-likeness (QED) is 0.722. The van der Waals surface area contributed by atoms with Gasteiger partial charge in [-0.05, 0) is 22.9 Å². The number of rotatable bonds is 3. The van der Waals surface area contributed by atoms with E-state index < -0.39 is 11.7 Å². The smallest absolute Gasteiger partial charge is 0.419 e. The Morgan fingerprint density at radius 2 is 1.75 bits per heavy atom. The molecule has 0 amide bonds. The molecule has 0 atom stereocenters. The van der Waals surface area contributed by atoms with Crippen LogP contribution in [0.15, 0.2) is 54.7 Å². The topological polar surface area (TPSA) is 42.1 Å². The second-order valence-electron chi connectivity index (χ2n) is 7.16. The van der Waals surface area contributed by atoms with Crippen molar-refractivity contribution in [3.8, 4) is 5.75 Å². The van der Waals surface area contributed by atoms with Gasteiger partial charge in [-0.2, -0.15) is 13.2 Å². The maximum atomic E-state index is 12.7. The molecule has 1 fully saturated rings. The summed E-state index contributed by atoms with van der Waals surface area (Å²) in [5.74, 6) is 1.00. The van der Waals surface area contributed by atoms with Crippen LogP contribution < -0.4 is 14.8 Å². The first-order valence-corrected chi connectivity index (χ1v) is 9.29. The fourth-order valence-electron chi connectivity index (χ4n) is 3.79. The summed E-state index contributed by atoms with van der Waals surface area (Å²) in [6, 6.07) is 14.3. The van der Waals surface area contributed by atoms with Crippen LogP contribution in [0.1, 0.15) is 11.1 Å². The summed E-state index contributed by atoms with van der Waals surface area (Å²) < 4.78 is 38.1. The van der Waals surface area contributed by atoms with Crippen molar-refractivity contribution in [3.63, 3.8) is 0 Å².